The number of anilines is 1. The molecular weight excluding hydrogens is 292 g/mol. The summed E-state index contributed by atoms with van der Waals surface area (Å²) in [5, 5.41) is 7.16. The number of benzene rings is 1. The molecule has 1 N–H and O–H groups in total. The molecule has 6 nitrogen and oxygen atoms in total. The summed E-state index contributed by atoms with van der Waals surface area (Å²) in [6.07, 6.45) is 5.35. The molecule has 3 rings (SSSR count). The number of hydrogen-bond donors (Lipinski definition) is 1. The normalized spacial score (nSPS) is 17.8. The minimum atomic E-state index is -0.0648. The van der Waals surface area contributed by atoms with Crippen molar-refractivity contribution >= 4 is 11.6 Å². The first-order valence-corrected chi connectivity index (χ1v) is 7.85. The first kappa shape index (κ1) is 15.4. The van der Waals surface area contributed by atoms with Gasteiger partial charge in [-0.2, -0.15) is 5.10 Å². The van der Waals surface area contributed by atoms with Gasteiger partial charge < -0.3 is 15.0 Å². The van der Waals surface area contributed by atoms with Crippen LogP contribution in [0.15, 0.2) is 36.7 Å². The van der Waals surface area contributed by atoms with Gasteiger partial charge in [-0.25, -0.2) is 0 Å². The van der Waals surface area contributed by atoms with Gasteiger partial charge in [0.15, 0.2) is 0 Å². The lowest BCUT2D eigenvalue weighted by Gasteiger charge is -2.35. The van der Waals surface area contributed by atoms with E-state index in [1.807, 2.05) is 18.2 Å². The molecule has 23 heavy (non-hydrogen) atoms. The van der Waals surface area contributed by atoms with E-state index in [-0.39, 0.29) is 11.9 Å². The lowest BCUT2D eigenvalue weighted by atomic mass is 10.0. The average Bonchev–Trinajstić information content (AvgIpc) is 3.02. The van der Waals surface area contributed by atoms with Gasteiger partial charge in [-0.3, -0.25) is 9.48 Å². The molecule has 2 aromatic rings. The van der Waals surface area contributed by atoms with Crippen LogP contribution in [-0.2, 0) is 7.05 Å². The number of carbonyl (C=O) groups is 1. The van der Waals surface area contributed by atoms with E-state index in [1.54, 1.807) is 31.2 Å². The van der Waals surface area contributed by atoms with Gasteiger partial charge in [-0.15, -0.1) is 0 Å². The maximum Gasteiger partial charge on any atom is 0.254 e. The van der Waals surface area contributed by atoms with Crippen LogP contribution in [0.3, 0.4) is 0 Å². The van der Waals surface area contributed by atoms with E-state index in [0.29, 0.717) is 5.56 Å². The number of ether oxygens (including phenoxy) is 1. The van der Waals surface area contributed by atoms with E-state index >= 15 is 0 Å². The Morgan fingerprint density at radius 3 is 2.96 bits per heavy atom. The predicted molar refractivity (Wildman–Crippen MR) is 88.9 cm³/mol. The monoisotopic (exact) mass is 314 g/mol. The largest absolute Gasteiger partial charge is 0.495 e. The fourth-order valence-corrected chi connectivity index (χ4v) is 3.01. The fourth-order valence-electron chi connectivity index (χ4n) is 3.01. The van der Waals surface area contributed by atoms with Crippen molar-refractivity contribution in [3.63, 3.8) is 0 Å². The van der Waals surface area contributed by atoms with E-state index in [9.17, 15) is 4.79 Å². The van der Waals surface area contributed by atoms with Crippen molar-refractivity contribution < 1.29 is 9.53 Å². The molecule has 0 bridgehead atoms. The number of hydrogen-bond acceptors (Lipinski definition) is 4. The number of para-hydroxylation sites is 2. The number of nitrogens with one attached hydrogen (secondary N) is 1. The smallest absolute Gasteiger partial charge is 0.254 e. The van der Waals surface area contributed by atoms with Crippen molar-refractivity contribution in [1.82, 2.24) is 15.1 Å². The Morgan fingerprint density at radius 1 is 1.39 bits per heavy atom. The molecule has 1 atom stereocenters. The zero-order chi connectivity index (χ0) is 16.2. The Hall–Kier alpha value is -2.50. The summed E-state index contributed by atoms with van der Waals surface area (Å²) in [7, 11) is 3.49. The van der Waals surface area contributed by atoms with E-state index in [2.05, 4.69) is 21.4 Å². The Labute approximate surface area is 136 Å². The fraction of sp³-hybridized carbons (Fsp3) is 0.412. The average molecular weight is 314 g/mol. The molecule has 122 valence electrons. The van der Waals surface area contributed by atoms with Gasteiger partial charge in [0.2, 0.25) is 0 Å². The molecule has 0 spiro atoms. The van der Waals surface area contributed by atoms with Gasteiger partial charge in [0.25, 0.3) is 5.91 Å². The molecule has 1 aromatic heterocycles. The summed E-state index contributed by atoms with van der Waals surface area (Å²) in [6.45, 7) is 1.76. The van der Waals surface area contributed by atoms with Crippen molar-refractivity contribution in [1.29, 1.82) is 0 Å². The third-order valence-electron chi connectivity index (χ3n) is 4.15. The van der Waals surface area contributed by atoms with Gasteiger partial charge in [0.1, 0.15) is 5.75 Å². The van der Waals surface area contributed by atoms with E-state index in [0.717, 1.165) is 37.4 Å². The van der Waals surface area contributed by atoms with Crippen LogP contribution in [0.1, 0.15) is 23.2 Å². The Bertz CT molecular complexity index is 683. The molecule has 0 aliphatic carbocycles. The van der Waals surface area contributed by atoms with Crippen molar-refractivity contribution in [3.05, 3.63) is 42.2 Å². The molecule has 6 heteroatoms. The number of amides is 1. The van der Waals surface area contributed by atoms with Crippen LogP contribution in [-0.4, -0.2) is 41.9 Å². The van der Waals surface area contributed by atoms with Gasteiger partial charge in [0.05, 0.1) is 24.6 Å². The summed E-state index contributed by atoms with van der Waals surface area (Å²) in [5.41, 5.74) is 1.68. The number of rotatable bonds is 4. The molecule has 0 radical (unpaired) electrons. The third kappa shape index (κ3) is 3.47. The van der Waals surface area contributed by atoms with Crippen molar-refractivity contribution in [2.45, 2.75) is 18.9 Å². The molecule has 1 aliphatic rings. The molecule has 1 unspecified atom stereocenters. The van der Waals surface area contributed by atoms with Crippen LogP contribution in [0.25, 0.3) is 0 Å². The molecule has 1 saturated heterocycles. The number of carbonyl (C=O) groups excluding carboxylic acids is 1. The third-order valence-corrected chi connectivity index (χ3v) is 4.15. The summed E-state index contributed by atoms with van der Waals surface area (Å²) in [6, 6.07) is 8.13. The molecule has 1 fully saturated rings. The molecule has 1 aliphatic heterocycles. The van der Waals surface area contributed by atoms with Gasteiger partial charge in [0, 0.05) is 32.4 Å². The lowest BCUT2D eigenvalue weighted by Crippen LogP contribution is -2.47. The highest BCUT2D eigenvalue weighted by molar-refractivity contribution is 5.93. The highest BCUT2D eigenvalue weighted by Gasteiger charge is 2.24. The maximum atomic E-state index is 12.3. The molecular formula is C17H22N4O2. The zero-order valence-corrected chi connectivity index (χ0v) is 13.5. The first-order chi connectivity index (χ1) is 11.2. The van der Waals surface area contributed by atoms with Gasteiger partial charge in [-0.1, -0.05) is 12.1 Å². The van der Waals surface area contributed by atoms with Crippen LogP contribution in [0, 0.1) is 0 Å². The van der Waals surface area contributed by atoms with Crippen LogP contribution >= 0.6 is 0 Å². The van der Waals surface area contributed by atoms with E-state index in [4.69, 9.17) is 4.74 Å². The molecule has 1 amide bonds. The van der Waals surface area contributed by atoms with Crippen molar-refractivity contribution in [3.8, 4) is 5.75 Å². The highest BCUT2D eigenvalue weighted by Crippen LogP contribution is 2.29. The summed E-state index contributed by atoms with van der Waals surface area (Å²) in [5.74, 6) is 0.803. The van der Waals surface area contributed by atoms with Gasteiger partial charge in [-0.05, 0) is 25.0 Å². The van der Waals surface area contributed by atoms with E-state index < -0.39 is 0 Å². The first-order valence-electron chi connectivity index (χ1n) is 7.85. The minimum Gasteiger partial charge on any atom is -0.495 e. The Kier molecular flexibility index (Phi) is 4.50. The topological polar surface area (TPSA) is 59.4 Å². The second-order valence-corrected chi connectivity index (χ2v) is 5.83. The second kappa shape index (κ2) is 6.73. The lowest BCUT2D eigenvalue weighted by molar-refractivity contribution is 0.0933. The number of nitrogens with zero attached hydrogens (tertiary/aromatic N) is 3. The standard InChI is InChI=1S/C17H22N4O2/c1-20-11-13(10-18-20)17(22)19-14-6-5-9-21(12-14)15-7-3-4-8-16(15)23-2/h3-4,7-8,10-11,14H,5-6,9,12H2,1-2H3,(H,19,22). The van der Waals surface area contributed by atoms with Crippen LogP contribution in [0.4, 0.5) is 5.69 Å². The SMILES string of the molecule is COc1ccccc1N1CCCC(NC(=O)c2cnn(C)c2)C1. The summed E-state index contributed by atoms with van der Waals surface area (Å²) < 4.78 is 7.08. The van der Waals surface area contributed by atoms with Crippen LogP contribution in [0.2, 0.25) is 0 Å². The number of aromatic nitrogens is 2. The number of aryl methyl sites for hydroxylation is 1. The quantitative estimate of drug-likeness (QED) is 0.935. The molecule has 0 saturated carbocycles. The highest BCUT2D eigenvalue weighted by atomic mass is 16.5. The summed E-state index contributed by atoms with van der Waals surface area (Å²) >= 11 is 0. The Morgan fingerprint density at radius 2 is 2.22 bits per heavy atom. The molecule has 2 heterocycles. The predicted octanol–water partition coefficient (Wildman–Crippen LogP) is 1.83. The zero-order valence-electron chi connectivity index (χ0n) is 13.5. The Balaban J connectivity index is 1.67. The van der Waals surface area contributed by atoms with Crippen LogP contribution in [0.5, 0.6) is 5.75 Å². The van der Waals surface area contributed by atoms with E-state index in [1.165, 1.54) is 0 Å². The maximum absolute atomic E-state index is 12.3. The minimum absolute atomic E-state index is 0.0648. The number of methoxy groups -OCH3 is 1. The molecule has 1 aromatic carbocycles. The second-order valence-electron chi connectivity index (χ2n) is 5.83. The van der Waals surface area contributed by atoms with Crippen LogP contribution < -0.4 is 15.0 Å². The van der Waals surface area contributed by atoms with Gasteiger partial charge >= 0.3 is 0 Å². The van der Waals surface area contributed by atoms with Crippen molar-refractivity contribution in [2.75, 3.05) is 25.1 Å². The van der Waals surface area contributed by atoms with Crippen molar-refractivity contribution in [2.24, 2.45) is 7.05 Å². The summed E-state index contributed by atoms with van der Waals surface area (Å²) in [4.78, 5) is 14.6. The number of piperidine rings is 1.